The first kappa shape index (κ1) is 20.9. The summed E-state index contributed by atoms with van der Waals surface area (Å²) >= 11 is -1.29. The molecule has 1 N–H and O–H groups in total. The van der Waals surface area contributed by atoms with Crippen molar-refractivity contribution in [2.75, 3.05) is 13.1 Å². The molecule has 5 rings (SSSR count). The van der Waals surface area contributed by atoms with E-state index in [0.717, 1.165) is 44.2 Å². The number of hydrogen-bond acceptors (Lipinski definition) is 5. The number of pyridine rings is 2. The van der Waals surface area contributed by atoms with Crippen molar-refractivity contribution in [3.05, 3.63) is 59.7 Å². The molecule has 1 amide bonds. The van der Waals surface area contributed by atoms with Gasteiger partial charge in [0.05, 0.1) is 17.4 Å². The van der Waals surface area contributed by atoms with Crippen molar-refractivity contribution in [1.82, 2.24) is 29.5 Å². The monoisotopic (exact) mass is 454 g/mol. The first-order valence-corrected chi connectivity index (χ1v) is 12.2. The smallest absolute Gasteiger partial charge is 0.272 e. The first-order valence-electron chi connectivity index (χ1n) is 10.7. The molecule has 1 aliphatic heterocycles. The third-order valence-corrected chi connectivity index (χ3v) is 7.00. The molecule has 1 saturated heterocycles. The van der Waals surface area contributed by atoms with Crippen LogP contribution in [0.2, 0.25) is 0 Å². The second kappa shape index (κ2) is 8.87. The normalized spacial score (nSPS) is 15.9. The average molecular weight is 455 g/mol. The van der Waals surface area contributed by atoms with Gasteiger partial charge in [0.25, 0.3) is 5.91 Å². The molecule has 32 heavy (non-hydrogen) atoms. The lowest BCUT2D eigenvalue weighted by molar-refractivity contribution is 0.0756. The van der Waals surface area contributed by atoms with E-state index in [1.807, 2.05) is 4.90 Å². The minimum atomic E-state index is -1.29. The Bertz CT molecular complexity index is 1260. The van der Waals surface area contributed by atoms with Crippen LogP contribution in [0.3, 0.4) is 0 Å². The number of nitrogens with zero attached hydrogens (tertiary/aromatic N) is 5. The van der Waals surface area contributed by atoms with E-state index < -0.39 is 11.2 Å². The number of nitrogens with one attached hydrogen (secondary N) is 1. The number of hydrogen-bond donors (Lipinski definition) is 1. The summed E-state index contributed by atoms with van der Waals surface area (Å²) in [6.45, 7) is 1.53. The van der Waals surface area contributed by atoms with Crippen LogP contribution in [0.5, 0.6) is 0 Å². The van der Waals surface area contributed by atoms with E-state index in [4.69, 9.17) is 0 Å². The number of imidazole rings is 1. The zero-order valence-electron chi connectivity index (χ0n) is 17.5. The predicted octanol–water partition coefficient (Wildman–Crippen LogP) is 3.21. The highest BCUT2D eigenvalue weighted by Gasteiger charge is 2.21. The number of aromatic amines is 1. The molecule has 166 valence electrons. The summed E-state index contributed by atoms with van der Waals surface area (Å²) in [6.07, 6.45) is 8.92. The molecular weight excluding hydrogens is 431 g/mol. The largest absolute Gasteiger partial charge is 0.616 e. The Hall–Kier alpha value is -2.98. The highest BCUT2D eigenvalue weighted by Crippen LogP contribution is 2.21. The molecule has 1 aliphatic rings. The quantitative estimate of drug-likeness (QED) is 0.467. The van der Waals surface area contributed by atoms with Gasteiger partial charge in [0.2, 0.25) is 0 Å². The van der Waals surface area contributed by atoms with Crippen molar-refractivity contribution >= 4 is 33.6 Å². The Balaban J connectivity index is 1.31. The van der Waals surface area contributed by atoms with Crippen LogP contribution in [0.25, 0.3) is 16.6 Å². The number of aromatic nitrogens is 5. The van der Waals surface area contributed by atoms with Crippen LogP contribution < -0.4 is 0 Å². The zero-order valence-corrected chi connectivity index (χ0v) is 18.3. The molecule has 0 bridgehead atoms. The Morgan fingerprint density at radius 1 is 1.12 bits per heavy atom. The van der Waals surface area contributed by atoms with Gasteiger partial charge in [-0.05, 0) is 42.2 Å². The standard InChI is InChI=1S/C22H23FN6O2S/c23-15-5-6-21-25-10-16(29(21)12-15)13-32(31)14-20-17-11-24-19(9-18(17)26-27-20)22(30)28-7-3-1-2-4-8-28/h5-6,9-12H,1-4,7-8,13-14H2,(H,26,27). The number of fused-ring (bicyclic) bond motifs is 2. The number of likely N-dealkylation sites (tertiary alicyclic amines) is 1. The molecule has 4 aromatic heterocycles. The zero-order chi connectivity index (χ0) is 22.1. The molecule has 1 unspecified atom stereocenters. The molecule has 1 fully saturated rings. The van der Waals surface area contributed by atoms with Gasteiger partial charge in [-0.3, -0.25) is 19.3 Å². The lowest BCUT2D eigenvalue weighted by atomic mass is 10.2. The molecule has 5 heterocycles. The maximum absolute atomic E-state index is 13.6. The SMILES string of the molecule is O=C(c1cc2[nH]nc(C[S+]([O-])Cc3cnc4ccc(F)cn34)c2cn1)N1CCCCCC1. The predicted molar refractivity (Wildman–Crippen MR) is 119 cm³/mol. The van der Waals surface area contributed by atoms with Crippen LogP contribution in [0.1, 0.15) is 47.6 Å². The van der Waals surface area contributed by atoms with E-state index in [2.05, 4.69) is 20.2 Å². The van der Waals surface area contributed by atoms with Gasteiger partial charge >= 0.3 is 0 Å². The lowest BCUT2D eigenvalue weighted by Gasteiger charge is -2.19. The molecule has 1 atom stereocenters. The van der Waals surface area contributed by atoms with E-state index in [-0.39, 0.29) is 23.2 Å². The minimum Gasteiger partial charge on any atom is -0.616 e. The summed E-state index contributed by atoms with van der Waals surface area (Å²) in [7, 11) is 0. The van der Waals surface area contributed by atoms with Crippen LogP contribution in [0.15, 0.2) is 36.8 Å². The molecule has 0 saturated carbocycles. The Kier molecular flexibility index (Phi) is 5.79. The van der Waals surface area contributed by atoms with Gasteiger partial charge in [0.1, 0.15) is 34.4 Å². The maximum Gasteiger partial charge on any atom is 0.272 e. The van der Waals surface area contributed by atoms with Gasteiger partial charge in [-0.2, -0.15) is 5.10 Å². The van der Waals surface area contributed by atoms with Crippen LogP contribution in [-0.2, 0) is 22.7 Å². The minimum absolute atomic E-state index is 0.0617. The van der Waals surface area contributed by atoms with Crippen molar-refractivity contribution in [3.8, 4) is 0 Å². The second-order valence-electron chi connectivity index (χ2n) is 8.05. The van der Waals surface area contributed by atoms with Crippen LogP contribution in [0.4, 0.5) is 4.39 Å². The topological polar surface area (TPSA) is 102 Å². The summed E-state index contributed by atoms with van der Waals surface area (Å²) in [6, 6.07) is 4.65. The summed E-state index contributed by atoms with van der Waals surface area (Å²) in [5.74, 6) is -0.00695. The summed E-state index contributed by atoms with van der Waals surface area (Å²) in [5, 5.41) is 7.99. The summed E-state index contributed by atoms with van der Waals surface area (Å²) < 4.78 is 28.0. The van der Waals surface area contributed by atoms with Gasteiger partial charge in [-0.25, -0.2) is 9.37 Å². The number of H-pyrrole nitrogens is 1. The van der Waals surface area contributed by atoms with E-state index >= 15 is 0 Å². The Labute approximate surface area is 187 Å². The first-order chi connectivity index (χ1) is 15.6. The number of carbonyl (C=O) groups is 1. The van der Waals surface area contributed by atoms with Crippen LogP contribution in [-0.4, -0.2) is 53.0 Å². The molecule has 0 aromatic carbocycles. The number of rotatable bonds is 5. The fraction of sp³-hybridized carbons (Fsp3) is 0.364. The number of amides is 1. The molecule has 0 spiro atoms. The number of halogens is 1. The van der Waals surface area contributed by atoms with Gasteiger partial charge in [-0.1, -0.05) is 12.8 Å². The van der Waals surface area contributed by atoms with Crippen LogP contribution in [0, 0.1) is 5.82 Å². The van der Waals surface area contributed by atoms with E-state index in [1.165, 1.54) is 12.3 Å². The highest BCUT2D eigenvalue weighted by molar-refractivity contribution is 7.89. The fourth-order valence-electron chi connectivity index (χ4n) is 4.11. The summed E-state index contributed by atoms with van der Waals surface area (Å²) in [4.78, 5) is 23.3. The Morgan fingerprint density at radius 3 is 2.75 bits per heavy atom. The van der Waals surface area contributed by atoms with Gasteiger partial charge in [0.15, 0.2) is 0 Å². The highest BCUT2D eigenvalue weighted by atomic mass is 32.2. The molecule has 4 aromatic rings. The van der Waals surface area contributed by atoms with Gasteiger partial charge < -0.3 is 9.45 Å². The third kappa shape index (κ3) is 4.20. The van der Waals surface area contributed by atoms with Gasteiger partial charge in [-0.15, -0.1) is 0 Å². The van der Waals surface area contributed by atoms with E-state index in [9.17, 15) is 13.7 Å². The molecule has 0 aliphatic carbocycles. The van der Waals surface area contributed by atoms with Crippen molar-refractivity contribution in [1.29, 1.82) is 0 Å². The second-order valence-corrected chi connectivity index (χ2v) is 9.50. The maximum atomic E-state index is 13.6. The molecular formula is C22H23FN6O2S. The summed E-state index contributed by atoms with van der Waals surface area (Å²) in [5.41, 5.74) is 2.99. The average Bonchev–Trinajstić information content (AvgIpc) is 3.25. The van der Waals surface area contributed by atoms with Crippen molar-refractivity contribution < 1.29 is 13.7 Å². The van der Waals surface area contributed by atoms with Crippen molar-refractivity contribution in [2.45, 2.75) is 37.2 Å². The van der Waals surface area contributed by atoms with Crippen molar-refractivity contribution in [2.24, 2.45) is 0 Å². The third-order valence-electron chi connectivity index (χ3n) is 5.79. The van der Waals surface area contributed by atoms with E-state index in [1.54, 1.807) is 28.9 Å². The van der Waals surface area contributed by atoms with Crippen molar-refractivity contribution in [3.63, 3.8) is 0 Å². The number of carbonyl (C=O) groups excluding carboxylic acids is 1. The van der Waals surface area contributed by atoms with Gasteiger partial charge in [0, 0.05) is 30.9 Å². The van der Waals surface area contributed by atoms with Crippen LogP contribution >= 0.6 is 0 Å². The lowest BCUT2D eigenvalue weighted by Crippen LogP contribution is -2.32. The van der Waals surface area contributed by atoms with E-state index in [0.29, 0.717) is 28.2 Å². The molecule has 8 nitrogen and oxygen atoms in total. The Morgan fingerprint density at radius 2 is 1.94 bits per heavy atom. The molecule has 0 radical (unpaired) electrons. The fourth-order valence-corrected chi connectivity index (χ4v) is 5.28. The molecule has 10 heteroatoms.